The van der Waals surface area contributed by atoms with E-state index in [1.54, 1.807) is 0 Å². The Morgan fingerprint density at radius 2 is 2.14 bits per heavy atom. The van der Waals surface area contributed by atoms with Gasteiger partial charge in [-0.2, -0.15) is 0 Å². The summed E-state index contributed by atoms with van der Waals surface area (Å²) in [5, 5.41) is 0. The van der Waals surface area contributed by atoms with Gasteiger partial charge in [0.05, 0.1) is 6.61 Å². The third-order valence-corrected chi connectivity index (χ3v) is 2.80. The second-order valence-corrected chi connectivity index (χ2v) is 4.00. The van der Waals surface area contributed by atoms with Crippen molar-refractivity contribution in [2.24, 2.45) is 5.73 Å². The Kier molecular flexibility index (Phi) is 5.88. The highest BCUT2D eigenvalue weighted by Crippen LogP contribution is 2.18. The van der Waals surface area contributed by atoms with E-state index >= 15 is 0 Å². The number of allylic oxidation sites excluding steroid dienone is 1. The molecule has 1 aliphatic carbocycles. The van der Waals surface area contributed by atoms with Crippen LogP contribution in [0.3, 0.4) is 0 Å². The topological polar surface area (TPSA) is 35.2 Å². The van der Waals surface area contributed by atoms with E-state index < -0.39 is 0 Å². The smallest absolute Gasteiger partial charge is 0.0655 e. The number of ether oxygens (including phenoxy) is 1. The summed E-state index contributed by atoms with van der Waals surface area (Å²) in [5.41, 5.74) is 7.48. The number of nitrogens with two attached hydrogens (primary N) is 1. The summed E-state index contributed by atoms with van der Waals surface area (Å²) in [6.07, 6.45) is 10.1. The van der Waals surface area contributed by atoms with Gasteiger partial charge in [-0.15, -0.1) is 0 Å². The van der Waals surface area contributed by atoms with Crippen molar-refractivity contribution in [2.45, 2.75) is 51.5 Å². The fourth-order valence-electron chi connectivity index (χ4n) is 1.91. The molecule has 2 nitrogen and oxygen atoms in total. The van der Waals surface area contributed by atoms with E-state index in [1.807, 2.05) is 6.92 Å². The standard InChI is InChI=1S/C12H23NO/c1-2-14-10-12(13)11-8-6-4-3-5-7-9-11/h8,12H,2-7,9-10,13H2,1H3. The Morgan fingerprint density at radius 1 is 1.36 bits per heavy atom. The Hall–Kier alpha value is -0.340. The summed E-state index contributed by atoms with van der Waals surface area (Å²) in [4.78, 5) is 0. The molecule has 0 aromatic rings. The first-order valence-corrected chi connectivity index (χ1v) is 5.87. The first-order valence-electron chi connectivity index (χ1n) is 5.87. The van der Waals surface area contributed by atoms with Crippen molar-refractivity contribution >= 4 is 0 Å². The summed E-state index contributed by atoms with van der Waals surface area (Å²) < 4.78 is 5.35. The van der Waals surface area contributed by atoms with Gasteiger partial charge in [0.25, 0.3) is 0 Å². The van der Waals surface area contributed by atoms with E-state index in [9.17, 15) is 0 Å². The lowest BCUT2D eigenvalue weighted by Gasteiger charge is -2.18. The lowest BCUT2D eigenvalue weighted by molar-refractivity contribution is 0.139. The first-order chi connectivity index (χ1) is 6.84. The molecular weight excluding hydrogens is 174 g/mol. The van der Waals surface area contributed by atoms with Crippen LogP contribution in [0.1, 0.15) is 45.4 Å². The minimum atomic E-state index is 0.132. The highest BCUT2D eigenvalue weighted by Gasteiger charge is 2.10. The lowest BCUT2D eigenvalue weighted by Crippen LogP contribution is -2.28. The minimum absolute atomic E-state index is 0.132. The van der Waals surface area contributed by atoms with Crippen LogP contribution in [-0.2, 0) is 4.74 Å². The van der Waals surface area contributed by atoms with Gasteiger partial charge in [0.15, 0.2) is 0 Å². The average molecular weight is 197 g/mol. The molecule has 0 aromatic heterocycles. The molecular formula is C12H23NO. The highest BCUT2D eigenvalue weighted by molar-refractivity contribution is 5.10. The third kappa shape index (κ3) is 4.25. The van der Waals surface area contributed by atoms with Crippen LogP contribution in [0.25, 0.3) is 0 Å². The molecule has 2 heteroatoms. The molecule has 82 valence electrons. The third-order valence-electron chi connectivity index (χ3n) is 2.80. The molecule has 1 aliphatic rings. The van der Waals surface area contributed by atoms with Gasteiger partial charge in [0, 0.05) is 12.6 Å². The molecule has 0 amide bonds. The lowest BCUT2D eigenvalue weighted by atomic mass is 9.96. The number of rotatable bonds is 4. The van der Waals surface area contributed by atoms with Gasteiger partial charge in [-0.05, 0) is 32.6 Å². The molecule has 2 N–H and O–H groups in total. The van der Waals surface area contributed by atoms with E-state index in [2.05, 4.69) is 6.08 Å². The molecule has 0 saturated carbocycles. The van der Waals surface area contributed by atoms with Gasteiger partial charge in [-0.1, -0.05) is 24.5 Å². The van der Waals surface area contributed by atoms with Crippen molar-refractivity contribution in [3.63, 3.8) is 0 Å². The van der Waals surface area contributed by atoms with Crippen molar-refractivity contribution in [3.05, 3.63) is 11.6 Å². The van der Waals surface area contributed by atoms with Gasteiger partial charge in [0.2, 0.25) is 0 Å². The quantitative estimate of drug-likeness (QED) is 0.703. The molecule has 0 aliphatic heterocycles. The predicted molar refractivity (Wildman–Crippen MR) is 60.3 cm³/mol. The van der Waals surface area contributed by atoms with E-state index in [0.717, 1.165) is 6.61 Å². The molecule has 0 spiro atoms. The second-order valence-electron chi connectivity index (χ2n) is 4.00. The maximum Gasteiger partial charge on any atom is 0.0655 e. The molecule has 0 radical (unpaired) electrons. The van der Waals surface area contributed by atoms with Crippen molar-refractivity contribution in [1.82, 2.24) is 0 Å². The summed E-state index contributed by atoms with van der Waals surface area (Å²) in [5.74, 6) is 0. The van der Waals surface area contributed by atoms with Crippen LogP contribution in [0.15, 0.2) is 11.6 Å². The van der Waals surface area contributed by atoms with Crippen LogP contribution < -0.4 is 5.73 Å². The van der Waals surface area contributed by atoms with Crippen LogP contribution in [0.5, 0.6) is 0 Å². The van der Waals surface area contributed by atoms with Gasteiger partial charge in [-0.3, -0.25) is 0 Å². The van der Waals surface area contributed by atoms with Gasteiger partial charge in [0.1, 0.15) is 0 Å². The minimum Gasteiger partial charge on any atom is -0.380 e. The summed E-state index contributed by atoms with van der Waals surface area (Å²) in [6, 6.07) is 0.132. The summed E-state index contributed by atoms with van der Waals surface area (Å²) in [7, 11) is 0. The van der Waals surface area contributed by atoms with E-state index in [4.69, 9.17) is 10.5 Å². The molecule has 0 aromatic carbocycles. The van der Waals surface area contributed by atoms with Gasteiger partial charge in [-0.25, -0.2) is 0 Å². The Labute approximate surface area is 87.5 Å². The fraction of sp³-hybridized carbons (Fsp3) is 0.833. The molecule has 14 heavy (non-hydrogen) atoms. The largest absolute Gasteiger partial charge is 0.380 e. The van der Waals surface area contributed by atoms with Crippen LogP contribution in [0.4, 0.5) is 0 Å². The zero-order valence-corrected chi connectivity index (χ0v) is 9.30. The van der Waals surface area contributed by atoms with E-state index in [0.29, 0.717) is 6.61 Å². The molecule has 0 fully saturated rings. The average Bonchev–Trinajstić information content (AvgIpc) is 2.13. The van der Waals surface area contributed by atoms with Crippen LogP contribution in [-0.4, -0.2) is 19.3 Å². The van der Waals surface area contributed by atoms with Crippen molar-refractivity contribution in [2.75, 3.05) is 13.2 Å². The van der Waals surface area contributed by atoms with Gasteiger partial charge >= 0.3 is 0 Å². The molecule has 1 unspecified atom stereocenters. The summed E-state index contributed by atoms with van der Waals surface area (Å²) >= 11 is 0. The fourth-order valence-corrected chi connectivity index (χ4v) is 1.91. The molecule has 0 bridgehead atoms. The zero-order chi connectivity index (χ0) is 10.2. The van der Waals surface area contributed by atoms with Gasteiger partial charge < -0.3 is 10.5 Å². The molecule has 1 rings (SSSR count). The van der Waals surface area contributed by atoms with Crippen LogP contribution in [0.2, 0.25) is 0 Å². The Morgan fingerprint density at radius 3 is 2.93 bits per heavy atom. The molecule has 0 heterocycles. The Balaban J connectivity index is 2.37. The first kappa shape index (κ1) is 11.7. The monoisotopic (exact) mass is 197 g/mol. The van der Waals surface area contributed by atoms with E-state index in [-0.39, 0.29) is 6.04 Å². The Bertz CT molecular complexity index is 177. The number of hydrogen-bond acceptors (Lipinski definition) is 2. The maximum atomic E-state index is 6.06. The van der Waals surface area contributed by atoms with Crippen LogP contribution >= 0.6 is 0 Å². The van der Waals surface area contributed by atoms with Crippen LogP contribution in [0, 0.1) is 0 Å². The second kappa shape index (κ2) is 7.02. The molecule has 1 atom stereocenters. The molecule has 0 saturated heterocycles. The predicted octanol–water partition coefficient (Wildman–Crippen LogP) is 2.63. The highest BCUT2D eigenvalue weighted by atomic mass is 16.5. The normalized spacial score (nSPS) is 20.9. The van der Waals surface area contributed by atoms with Crippen molar-refractivity contribution in [1.29, 1.82) is 0 Å². The van der Waals surface area contributed by atoms with E-state index in [1.165, 1.54) is 44.1 Å². The zero-order valence-electron chi connectivity index (χ0n) is 9.30. The maximum absolute atomic E-state index is 6.06. The van der Waals surface area contributed by atoms with Crippen molar-refractivity contribution in [3.8, 4) is 0 Å². The SMILES string of the molecule is CCOCC(N)C1=CCCCCCC1. The van der Waals surface area contributed by atoms with Crippen molar-refractivity contribution < 1.29 is 4.74 Å². The number of hydrogen-bond donors (Lipinski definition) is 1. The summed E-state index contributed by atoms with van der Waals surface area (Å²) in [6.45, 7) is 3.46.